The van der Waals surface area contributed by atoms with Crippen LogP contribution in [0.3, 0.4) is 0 Å². The SMILES string of the molecule is CC(=O)N(CCC(=O)N1CCC(Cc2ccccc2)CC1)C1CCCC1. The summed E-state index contributed by atoms with van der Waals surface area (Å²) in [7, 11) is 0. The molecule has 0 radical (unpaired) electrons. The molecule has 4 heteroatoms. The first kappa shape index (κ1) is 18.9. The van der Waals surface area contributed by atoms with Gasteiger partial charge in [-0.15, -0.1) is 0 Å². The molecule has 1 aromatic carbocycles. The summed E-state index contributed by atoms with van der Waals surface area (Å²) >= 11 is 0. The molecule has 1 saturated carbocycles. The van der Waals surface area contributed by atoms with E-state index in [0.29, 0.717) is 24.9 Å². The summed E-state index contributed by atoms with van der Waals surface area (Å²) in [5.74, 6) is 1.01. The number of piperidine rings is 1. The summed E-state index contributed by atoms with van der Waals surface area (Å²) in [6.07, 6.45) is 8.35. The smallest absolute Gasteiger partial charge is 0.224 e. The second-order valence-corrected chi connectivity index (χ2v) is 7.91. The lowest BCUT2D eigenvalue weighted by atomic mass is 9.90. The van der Waals surface area contributed by atoms with Crippen molar-refractivity contribution in [2.75, 3.05) is 19.6 Å². The number of benzene rings is 1. The van der Waals surface area contributed by atoms with Gasteiger partial charge in [0.15, 0.2) is 0 Å². The maximum atomic E-state index is 12.6. The summed E-state index contributed by atoms with van der Waals surface area (Å²) in [6, 6.07) is 11.0. The number of carbonyl (C=O) groups is 2. The quantitative estimate of drug-likeness (QED) is 0.781. The molecule has 1 aromatic rings. The Hall–Kier alpha value is -1.84. The number of likely N-dealkylation sites (tertiary alicyclic amines) is 1. The standard InChI is InChI=1S/C22H32N2O2/c1-18(25)24(21-9-5-6-10-21)16-13-22(26)23-14-11-20(12-15-23)17-19-7-3-2-4-8-19/h2-4,7-8,20-21H,5-6,9-17H2,1H3. The molecule has 2 fully saturated rings. The summed E-state index contributed by atoms with van der Waals surface area (Å²) in [5, 5.41) is 0. The fourth-order valence-corrected chi connectivity index (χ4v) is 4.52. The van der Waals surface area contributed by atoms with Crippen LogP contribution in [0.2, 0.25) is 0 Å². The zero-order chi connectivity index (χ0) is 18.4. The van der Waals surface area contributed by atoms with Crippen molar-refractivity contribution in [3.8, 4) is 0 Å². The highest BCUT2D eigenvalue weighted by atomic mass is 16.2. The van der Waals surface area contributed by atoms with Gasteiger partial charge >= 0.3 is 0 Å². The molecule has 0 atom stereocenters. The van der Waals surface area contributed by atoms with E-state index < -0.39 is 0 Å². The molecule has 0 N–H and O–H groups in total. The van der Waals surface area contributed by atoms with E-state index in [1.54, 1.807) is 6.92 Å². The normalized spacial score (nSPS) is 18.9. The average Bonchev–Trinajstić information content (AvgIpc) is 3.17. The van der Waals surface area contributed by atoms with E-state index in [0.717, 1.165) is 45.2 Å². The fraction of sp³-hybridized carbons (Fsp3) is 0.636. The zero-order valence-electron chi connectivity index (χ0n) is 16.0. The molecular formula is C22H32N2O2. The van der Waals surface area contributed by atoms with Crippen molar-refractivity contribution in [2.45, 2.75) is 64.3 Å². The third-order valence-corrected chi connectivity index (χ3v) is 6.07. The van der Waals surface area contributed by atoms with E-state index in [1.807, 2.05) is 9.80 Å². The molecule has 3 rings (SSSR count). The van der Waals surface area contributed by atoms with E-state index in [4.69, 9.17) is 0 Å². The topological polar surface area (TPSA) is 40.6 Å². The van der Waals surface area contributed by atoms with Crippen LogP contribution in [0.1, 0.15) is 57.4 Å². The van der Waals surface area contributed by atoms with Gasteiger partial charge in [-0.3, -0.25) is 9.59 Å². The molecule has 26 heavy (non-hydrogen) atoms. The van der Waals surface area contributed by atoms with E-state index in [1.165, 1.54) is 18.4 Å². The van der Waals surface area contributed by atoms with Gasteiger partial charge < -0.3 is 9.80 Å². The first-order chi connectivity index (χ1) is 12.6. The minimum absolute atomic E-state index is 0.117. The van der Waals surface area contributed by atoms with E-state index in [9.17, 15) is 9.59 Å². The Bertz CT molecular complexity index is 587. The Labute approximate surface area is 157 Å². The van der Waals surface area contributed by atoms with Gasteiger partial charge in [-0.2, -0.15) is 0 Å². The van der Waals surface area contributed by atoms with Crippen molar-refractivity contribution in [1.29, 1.82) is 0 Å². The van der Waals surface area contributed by atoms with Crippen LogP contribution in [0.4, 0.5) is 0 Å². The number of amides is 2. The van der Waals surface area contributed by atoms with Gasteiger partial charge in [0.25, 0.3) is 0 Å². The van der Waals surface area contributed by atoms with Gasteiger partial charge in [0.1, 0.15) is 0 Å². The number of hydrogen-bond donors (Lipinski definition) is 0. The first-order valence-corrected chi connectivity index (χ1v) is 10.2. The molecule has 4 nitrogen and oxygen atoms in total. The summed E-state index contributed by atoms with van der Waals surface area (Å²) < 4.78 is 0. The fourth-order valence-electron chi connectivity index (χ4n) is 4.52. The largest absolute Gasteiger partial charge is 0.343 e. The van der Waals surface area contributed by atoms with Crippen molar-refractivity contribution in [2.24, 2.45) is 5.92 Å². The van der Waals surface area contributed by atoms with Crippen LogP contribution in [0.15, 0.2) is 30.3 Å². The molecule has 0 bridgehead atoms. The van der Waals surface area contributed by atoms with Gasteiger partial charge in [-0.25, -0.2) is 0 Å². The maximum absolute atomic E-state index is 12.6. The van der Waals surface area contributed by atoms with Crippen LogP contribution in [-0.4, -0.2) is 47.3 Å². The van der Waals surface area contributed by atoms with E-state index in [2.05, 4.69) is 30.3 Å². The molecule has 2 aliphatic rings. The summed E-state index contributed by atoms with van der Waals surface area (Å²) in [6.45, 7) is 3.94. The van der Waals surface area contributed by atoms with Crippen molar-refractivity contribution in [3.63, 3.8) is 0 Å². The summed E-state index contributed by atoms with van der Waals surface area (Å²) in [5.41, 5.74) is 1.39. The molecule has 0 unspecified atom stereocenters. The Balaban J connectivity index is 1.42. The first-order valence-electron chi connectivity index (χ1n) is 10.2. The van der Waals surface area contributed by atoms with Crippen molar-refractivity contribution in [1.82, 2.24) is 9.80 Å². The number of rotatable bonds is 6. The highest BCUT2D eigenvalue weighted by Crippen LogP contribution is 2.25. The Morgan fingerprint density at radius 1 is 1.04 bits per heavy atom. The predicted molar refractivity (Wildman–Crippen MR) is 104 cm³/mol. The van der Waals surface area contributed by atoms with Gasteiger partial charge in [0.05, 0.1) is 0 Å². The van der Waals surface area contributed by atoms with Crippen molar-refractivity contribution >= 4 is 11.8 Å². The molecular weight excluding hydrogens is 324 g/mol. The molecule has 0 aromatic heterocycles. The van der Waals surface area contributed by atoms with Crippen LogP contribution < -0.4 is 0 Å². The lowest BCUT2D eigenvalue weighted by Gasteiger charge is -2.33. The Kier molecular flexibility index (Phi) is 6.70. The maximum Gasteiger partial charge on any atom is 0.224 e. The van der Waals surface area contributed by atoms with Crippen LogP contribution in [0.25, 0.3) is 0 Å². The van der Waals surface area contributed by atoms with Crippen molar-refractivity contribution < 1.29 is 9.59 Å². The zero-order valence-corrected chi connectivity index (χ0v) is 16.0. The lowest BCUT2D eigenvalue weighted by Crippen LogP contribution is -2.43. The minimum Gasteiger partial charge on any atom is -0.343 e. The molecule has 1 heterocycles. The lowest BCUT2D eigenvalue weighted by molar-refractivity contribution is -0.135. The third kappa shape index (κ3) is 5.09. The van der Waals surface area contributed by atoms with E-state index in [-0.39, 0.29) is 11.8 Å². The van der Waals surface area contributed by atoms with Crippen LogP contribution in [0, 0.1) is 5.92 Å². The molecule has 142 valence electrons. The van der Waals surface area contributed by atoms with Crippen LogP contribution in [-0.2, 0) is 16.0 Å². The Morgan fingerprint density at radius 2 is 1.69 bits per heavy atom. The van der Waals surface area contributed by atoms with E-state index >= 15 is 0 Å². The second-order valence-electron chi connectivity index (χ2n) is 7.91. The molecule has 1 aliphatic carbocycles. The van der Waals surface area contributed by atoms with Crippen molar-refractivity contribution in [3.05, 3.63) is 35.9 Å². The molecule has 0 spiro atoms. The van der Waals surface area contributed by atoms with Crippen LogP contribution in [0.5, 0.6) is 0 Å². The number of nitrogens with zero attached hydrogens (tertiary/aromatic N) is 2. The number of hydrogen-bond acceptors (Lipinski definition) is 2. The highest BCUT2D eigenvalue weighted by Gasteiger charge is 2.27. The second kappa shape index (κ2) is 9.20. The third-order valence-electron chi connectivity index (χ3n) is 6.07. The molecule has 1 saturated heterocycles. The molecule has 1 aliphatic heterocycles. The Morgan fingerprint density at radius 3 is 2.31 bits per heavy atom. The molecule has 2 amide bonds. The average molecular weight is 357 g/mol. The van der Waals surface area contributed by atoms with Gasteiger partial charge in [0.2, 0.25) is 11.8 Å². The number of carbonyl (C=O) groups excluding carboxylic acids is 2. The van der Waals surface area contributed by atoms with Gasteiger partial charge in [-0.1, -0.05) is 43.2 Å². The van der Waals surface area contributed by atoms with Gasteiger partial charge in [0, 0.05) is 39.0 Å². The highest BCUT2D eigenvalue weighted by molar-refractivity contribution is 5.78. The summed E-state index contributed by atoms with van der Waals surface area (Å²) in [4.78, 5) is 28.5. The predicted octanol–water partition coefficient (Wildman–Crippen LogP) is 3.65. The minimum atomic E-state index is 0.117. The van der Waals surface area contributed by atoms with Crippen LogP contribution >= 0.6 is 0 Å². The monoisotopic (exact) mass is 356 g/mol. The van der Waals surface area contributed by atoms with Gasteiger partial charge in [-0.05, 0) is 43.6 Å².